The second kappa shape index (κ2) is 6.89. The van der Waals surface area contributed by atoms with Crippen LogP contribution in [0.3, 0.4) is 0 Å². The molecule has 24 heavy (non-hydrogen) atoms. The van der Waals surface area contributed by atoms with Crippen LogP contribution in [0.2, 0.25) is 5.02 Å². The molecule has 0 fully saturated rings. The maximum absolute atomic E-state index is 12.3. The molecule has 0 aliphatic carbocycles. The van der Waals surface area contributed by atoms with E-state index in [2.05, 4.69) is 12.1 Å². The number of carboxylic acids is 1. The molecule has 0 atom stereocenters. The van der Waals surface area contributed by atoms with Gasteiger partial charge >= 0.3 is 5.97 Å². The van der Waals surface area contributed by atoms with Crippen molar-refractivity contribution in [3.63, 3.8) is 0 Å². The predicted octanol–water partition coefficient (Wildman–Crippen LogP) is 3.99. The molecule has 5 heteroatoms. The third-order valence-corrected chi connectivity index (χ3v) is 4.22. The molecule has 3 rings (SSSR count). The Morgan fingerprint density at radius 2 is 1.88 bits per heavy atom. The van der Waals surface area contributed by atoms with Crippen molar-refractivity contribution in [3.8, 4) is 0 Å². The van der Waals surface area contributed by atoms with E-state index >= 15 is 0 Å². The van der Waals surface area contributed by atoms with E-state index in [9.17, 15) is 14.7 Å². The highest BCUT2D eigenvalue weighted by Crippen LogP contribution is 2.19. The lowest BCUT2D eigenvalue weighted by Crippen LogP contribution is -2.19. The third-order valence-electron chi connectivity index (χ3n) is 3.98. The Labute approximate surface area is 143 Å². The number of aryl methyl sites for hydroxylation is 2. The highest BCUT2D eigenvalue weighted by atomic mass is 35.5. The molecule has 1 aromatic heterocycles. The molecule has 0 unspecified atom stereocenters. The molecule has 0 saturated carbocycles. The second-order valence-electron chi connectivity index (χ2n) is 5.62. The standard InChI is InChI=1S/C19H16ClNO3/c20-14-8-9-15-17(11-14)21(12-16(18(15)22)19(23)24)10-4-7-13-5-2-1-3-6-13/h1-3,5-6,8-9,11-12H,4,7,10H2,(H,23,24). The average Bonchev–Trinajstić information content (AvgIpc) is 2.57. The van der Waals surface area contributed by atoms with Crippen LogP contribution in [-0.4, -0.2) is 15.6 Å². The van der Waals surface area contributed by atoms with Crippen molar-refractivity contribution in [1.82, 2.24) is 4.57 Å². The lowest BCUT2D eigenvalue weighted by atomic mass is 10.1. The van der Waals surface area contributed by atoms with Gasteiger partial charge in [0.15, 0.2) is 0 Å². The number of benzene rings is 2. The van der Waals surface area contributed by atoms with E-state index in [1.807, 2.05) is 18.2 Å². The summed E-state index contributed by atoms with van der Waals surface area (Å²) in [5.41, 5.74) is 1.18. The van der Waals surface area contributed by atoms with E-state index < -0.39 is 11.4 Å². The first-order valence-electron chi connectivity index (χ1n) is 7.66. The normalized spacial score (nSPS) is 10.9. The fourth-order valence-corrected chi connectivity index (χ4v) is 2.97. The van der Waals surface area contributed by atoms with Gasteiger partial charge in [-0.1, -0.05) is 41.9 Å². The van der Waals surface area contributed by atoms with E-state index in [4.69, 9.17) is 11.6 Å². The molecule has 0 bridgehead atoms. The van der Waals surface area contributed by atoms with Crippen molar-refractivity contribution in [1.29, 1.82) is 0 Å². The van der Waals surface area contributed by atoms with Crippen LogP contribution in [0.1, 0.15) is 22.3 Å². The minimum absolute atomic E-state index is 0.218. The molecule has 0 amide bonds. The van der Waals surface area contributed by atoms with E-state index in [0.717, 1.165) is 12.8 Å². The summed E-state index contributed by atoms with van der Waals surface area (Å²) in [4.78, 5) is 23.6. The lowest BCUT2D eigenvalue weighted by Gasteiger charge is -2.12. The van der Waals surface area contributed by atoms with Gasteiger partial charge in [0.1, 0.15) is 5.56 Å². The van der Waals surface area contributed by atoms with E-state index in [1.54, 1.807) is 22.8 Å². The molecule has 0 radical (unpaired) electrons. The molecule has 0 aliphatic rings. The maximum Gasteiger partial charge on any atom is 0.341 e. The summed E-state index contributed by atoms with van der Waals surface area (Å²) in [6, 6.07) is 15.0. The summed E-state index contributed by atoms with van der Waals surface area (Å²) < 4.78 is 1.80. The first kappa shape index (κ1) is 16.3. The maximum atomic E-state index is 12.3. The fraction of sp³-hybridized carbons (Fsp3) is 0.158. The number of nitrogens with zero attached hydrogens (tertiary/aromatic N) is 1. The summed E-state index contributed by atoms with van der Waals surface area (Å²) >= 11 is 6.04. The van der Waals surface area contributed by atoms with Crippen molar-refractivity contribution in [2.24, 2.45) is 0 Å². The SMILES string of the molecule is O=C(O)c1cn(CCCc2ccccc2)c2cc(Cl)ccc2c1=O. The van der Waals surface area contributed by atoms with Crippen LogP contribution in [-0.2, 0) is 13.0 Å². The Kier molecular flexibility index (Phi) is 4.67. The monoisotopic (exact) mass is 341 g/mol. The van der Waals surface area contributed by atoms with Crippen LogP contribution < -0.4 is 5.43 Å². The summed E-state index contributed by atoms with van der Waals surface area (Å²) in [7, 11) is 0. The van der Waals surface area contributed by atoms with Crippen LogP contribution in [0.4, 0.5) is 0 Å². The summed E-state index contributed by atoms with van der Waals surface area (Å²) in [6.45, 7) is 0.603. The van der Waals surface area contributed by atoms with Gasteiger partial charge < -0.3 is 9.67 Å². The number of hydrogen-bond acceptors (Lipinski definition) is 2. The minimum Gasteiger partial charge on any atom is -0.477 e. The quantitative estimate of drug-likeness (QED) is 0.763. The molecule has 0 spiro atoms. The van der Waals surface area contributed by atoms with Crippen LogP contribution in [0.15, 0.2) is 59.5 Å². The van der Waals surface area contributed by atoms with Gasteiger partial charge in [-0.25, -0.2) is 4.79 Å². The molecule has 1 N–H and O–H groups in total. The highest BCUT2D eigenvalue weighted by Gasteiger charge is 2.14. The zero-order valence-electron chi connectivity index (χ0n) is 12.9. The molecule has 3 aromatic rings. The Balaban J connectivity index is 1.96. The van der Waals surface area contributed by atoms with Gasteiger partial charge in [-0.15, -0.1) is 0 Å². The number of carboxylic acid groups (broad SMARTS) is 1. The summed E-state index contributed by atoms with van der Waals surface area (Å²) in [5, 5.41) is 10.2. The highest BCUT2D eigenvalue weighted by molar-refractivity contribution is 6.31. The van der Waals surface area contributed by atoms with Gasteiger partial charge in [0.05, 0.1) is 5.52 Å². The Morgan fingerprint density at radius 1 is 1.12 bits per heavy atom. The van der Waals surface area contributed by atoms with Gasteiger partial charge in [0.25, 0.3) is 0 Å². The number of rotatable bonds is 5. The van der Waals surface area contributed by atoms with Crippen molar-refractivity contribution >= 4 is 28.5 Å². The van der Waals surface area contributed by atoms with Crippen LogP contribution in [0.5, 0.6) is 0 Å². The Hall–Kier alpha value is -2.59. The molecular formula is C19H16ClNO3. The molecule has 0 saturated heterocycles. The molecular weight excluding hydrogens is 326 g/mol. The zero-order valence-corrected chi connectivity index (χ0v) is 13.7. The number of pyridine rings is 1. The van der Waals surface area contributed by atoms with Crippen LogP contribution >= 0.6 is 11.6 Å². The number of fused-ring (bicyclic) bond motifs is 1. The third kappa shape index (κ3) is 3.34. The van der Waals surface area contributed by atoms with Gasteiger partial charge in [-0.2, -0.15) is 0 Å². The number of halogens is 1. The Morgan fingerprint density at radius 3 is 2.58 bits per heavy atom. The van der Waals surface area contributed by atoms with E-state index in [-0.39, 0.29) is 5.56 Å². The van der Waals surface area contributed by atoms with Gasteiger partial charge in [-0.05, 0) is 36.6 Å². The number of aromatic nitrogens is 1. The number of hydrogen-bond donors (Lipinski definition) is 1. The second-order valence-corrected chi connectivity index (χ2v) is 6.06. The fourth-order valence-electron chi connectivity index (χ4n) is 2.80. The molecule has 2 aromatic carbocycles. The molecule has 4 nitrogen and oxygen atoms in total. The predicted molar refractivity (Wildman–Crippen MR) is 94.9 cm³/mol. The average molecular weight is 342 g/mol. The minimum atomic E-state index is -1.21. The van der Waals surface area contributed by atoms with E-state index in [0.29, 0.717) is 22.5 Å². The molecule has 1 heterocycles. The smallest absolute Gasteiger partial charge is 0.341 e. The van der Waals surface area contributed by atoms with Gasteiger partial charge in [0.2, 0.25) is 5.43 Å². The topological polar surface area (TPSA) is 59.3 Å². The van der Waals surface area contributed by atoms with Crippen molar-refractivity contribution < 1.29 is 9.90 Å². The summed E-state index contributed by atoms with van der Waals surface area (Å²) in [6.07, 6.45) is 3.11. The first-order valence-corrected chi connectivity index (χ1v) is 8.04. The lowest BCUT2D eigenvalue weighted by molar-refractivity contribution is 0.0695. The summed E-state index contributed by atoms with van der Waals surface area (Å²) in [5.74, 6) is -1.21. The zero-order chi connectivity index (χ0) is 17.1. The van der Waals surface area contributed by atoms with Gasteiger partial charge in [-0.3, -0.25) is 4.79 Å². The van der Waals surface area contributed by atoms with Crippen molar-refractivity contribution in [3.05, 3.63) is 81.1 Å². The largest absolute Gasteiger partial charge is 0.477 e. The van der Waals surface area contributed by atoms with Crippen molar-refractivity contribution in [2.75, 3.05) is 0 Å². The van der Waals surface area contributed by atoms with Crippen LogP contribution in [0, 0.1) is 0 Å². The molecule has 0 aliphatic heterocycles. The number of carbonyl (C=O) groups is 1. The number of aromatic carboxylic acids is 1. The van der Waals surface area contributed by atoms with Gasteiger partial charge in [0, 0.05) is 23.2 Å². The first-order chi connectivity index (χ1) is 11.6. The van der Waals surface area contributed by atoms with E-state index in [1.165, 1.54) is 11.8 Å². The van der Waals surface area contributed by atoms with Crippen molar-refractivity contribution in [2.45, 2.75) is 19.4 Å². The molecule has 122 valence electrons. The van der Waals surface area contributed by atoms with Crippen LogP contribution in [0.25, 0.3) is 10.9 Å². The Bertz CT molecular complexity index is 948.